The van der Waals surface area contributed by atoms with E-state index in [1.807, 2.05) is 32.1 Å². The van der Waals surface area contributed by atoms with Crippen molar-refractivity contribution in [2.45, 2.75) is 30.3 Å². The molecule has 140 valence electrons. The van der Waals surface area contributed by atoms with Crippen molar-refractivity contribution in [3.8, 4) is 6.07 Å². The van der Waals surface area contributed by atoms with Gasteiger partial charge in [-0.1, -0.05) is 12.1 Å². The van der Waals surface area contributed by atoms with Crippen LogP contribution in [0.3, 0.4) is 0 Å². The first-order valence-corrected chi connectivity index (χ1v) is 10.2. The third kappa shape index (κ3) is 2.58. The minimum atomic E-state index is -3.76. The number of fused-ring (bicyclic) bond motifs is 2. The molecule has 0 radical (unpaired) electrons. The predicted octanol–water partition coefficient (Wildman–Crippen LogP) is 0.965. The van der Waals surface area contributed by atoms with Crippen LogP contribution in [-0.2, 0) is 14.8 Å². The van der Waals surface area contributed by atoms with Crippen LogP contribution in [0.2, 0.25) is 0 Å². The van der Waals surface area contributed by atoms with E-state index in [0.717, 1.165) is 5.70 Å². The van der Waals surface area contributed by atoms with Crippen LogP contribution in [0, 0.1) is 11.3 Å². The van der Waals surface area contributed by atoms with E-state index < -0.39 is 15.6 Å². The summed E-state index contributed by atoms with van der Waals surface area (Å²) in [6, 6.07) is 8.08. The van der Waals surface area contributed by atoms with Crippen LogP contribution >= 0.6 is 0 Å². The van der Waals surface area contributed by atoms with Gasteiger partial charge in [-0.2, -0.15) is 9.57 Å². The number of sulfonamides is 1. The van der Waals surface area contributed by atoms with Crippen molar-refractivity contribution >= 4 is 15.9 Å². The maximum atomic E-state index is 13.2. The lowest BCUT2D eigenvalue weighted by atomic mass is 9.93. The van der Waals surface area contributed by atoms with E-state index in [1.165, 1.54) is 16.4 Å². The molecule has 0 spiro atoms. The van der Waals surface area contributed by atoms with Crippen molar-refractivity contribution in [2.75, 3.05) is 19.6 Å². The lowest BCUT2D eigenvalue weighted by Crippen LogP contribution is -2.62. The molecular weight excluding hydrogens is 364 g/mol. The van der Waals surface area contributed by atoms with Crippen LogP contribution in [0.1, 0.15) is 19.4 Å². The topological polar surface area (TPSA) is 93.5 Å². The number of rotatable bonds is 2. The van der Waals surface area contributed by atoms with Crippen LogP contribution in [0.4, 0.5) is 0 Å². The number of nitrogens with zero attached hydrogens (tertiary/aromatic N) is 3. The molecule has 1 fully saturated rings. The Bertz CT molecular complexity index is 1040. The van der Waals surface area contributed by atoms with Gasteiger partial charge in [0.1, 0.15) is 0 Å². The van der Waals surface area contributed by atoms with Crippen LogP contribution in [-0.4, -0.2) is 54.7 Å². The van der Waals surface area contributed by atoms with Crippen LogP contribution in [0.15, 0.2) is 52.6 Å². The van der Waals surface area contributed by atoms with Crippen molar-refractivity contribution in [3.63, 3.8) is 0 Å². The Morgan fingerprint density at radius 1 is 1.33 bits per heavy atom. The first kappa shape index (κ1) is 17.8. The van der Waals surface area contributed by atoms with E-state index in [1.54, 1.807) is 17.0 Å². The molecule has 1 N–H and O–H groups in total. The summed E-state index contributed by atoms with van der Waals surface area (Å²) in [4.78, 5) is 14.6. The average Bonchev–Trinajstić information content (AvgIpc) is 2.88. The number of dihydropyridines is 1. The first-order valence-electron chi connectivity index (χ1n) is 8.79. The van der Waals surface area contributed by atoms with E-state index >= 15 is 0 Å². The predicted molar refractivity (Wildman–Crippen MR) is 98.8 cm³/mol. The van der Waals surface area contributed by atoms with Gasteiger partial charge in [0.05, 0.1) is 33.3 Å². The van der Waals surface area contributed by atoms with Gasteiger partial charge in [-0.15, -0.1) is 0 Å². The fraction of sp³-hybridized carbons (Fsp3) is 0.368. The molecule has 1 amide bonds. The molecule has 3 aliphatic heterocycles. The Labute approximate surface area is 158 Å². The third-order valence-corrected chi connectivity index (χ3v) is 7.30. The number of amides is 1. The van der Waals surface area contributed by atoms with E-state index in [9.17, 15) is 13.2 Å². The highest BCUT2D eigenvalue weighted by Crippen LogP contribution is 2.40. The zero-order chi connectivity index (χ0) is 19.4. The molecule has 0 aromatic heterocycles. The summed E-state index contributed by atoms with van der Waals surface area (Å²) in [5, 5.41) is 12.4. The zero-order valence-electron chi connectivity index (χ0n) is 15.1. The second-order valence-electron chi connectivity index (χ2n) is 7.29. The van der Waals surface area contributed by atoms with Crippen LogP contribution in [0.5, 0.6) is 0 Å². The fourth-order valence-corrected chi connectivity index (χ4v) is 5.60. The number of hydrogen-bond acceptors (Lipinski definition) is 5. The zero-order valence-corrected chi connectivity index (χ0v) is 16.0. The van der Waals surface area contributed by atoms with Gasteiger partial charge in [0.25, 0.3) is 5.91 Å². The van der Waals surface area contributed by atoms with Crippen LogP contribution < -0.4 is 5.32 Å². The number of carbonyl (C=O) groups is 1. The van der Waals surface area contributed by atoms with Crippen LogP contribution in [0.25, 0.3) is 0 Å². The number of hydrogen-bond donors (Lipinski definition) is 1. The Kier molecular flexibility index (Phi) is 3.91. The summed E-state index contributed by atoms with van der Waals surface area (Å²) in [6.07, 6.45) is 3.76. The molecule has 0 aliphatic carbocycles. The lowest BCUT2D eigenvalue weighted by Gasteiger charge is -2.46. The van der Waals surface area contributed by atoms with Crippen molar-refractivity contribution in [2.24, 2.45) is 0 Å². The summed E-state index contributed by atoms with van der Waals surface area (Å²) in [7, 11) is -3.76. The van der Waals surface area contributed by atoms with Crippen molar-refractivity contribution < 1.29 is 13.2 Å². The number of nitriles is 1. The van der Waals surface area contributed by atoms with Crippen molar-refractivity contribution in [1.82, 2.24) is 14.5 Å². The Balaban J connectivity index is 1.71. The summed E-state index contributed by atoms with van der Waals surface area (Å²) in [5.41, 5.74) is 0.966. The van der Waals surface area contributed by atoms with Gasteiger partial charge in [0, 0.05) is 25.7 Å². The molecule has 2 unspecified atom stereocenters. The molecule has 0 saturated carbocycles. The standard InChI is InChI=1S/C19H20N4O3S/c1-13-6-7-16-17(21-13)19(2)12-22(8-9-23(19)18(16)24)27(25,26)15-5-3-4-14(10-15)11-20/h3-7,10,13,21H,8-9,12H2,1-2H3. The minimum Gasteiger partial charge on any atom is -0.380 e. The summed E-state index contributed by atoms with van der Waals surface area (Å²) >= 11 is 0. The number of nitrogens with one attached hydrogen (secondary N) is 1. The third-order valence-electron chi connectivity index (χ3n) is 5.46. The summed E-state index contributed by atoms with van der Waals surface area (Å²) in [6.45, 7) is 4.61. The molecule has 8 heteroatoms. The molecule has 3 heterocycles. The Morgan fingerprint density at radius 2 is 2.11 bits per heavy atom. The largest absolute Gasteiger partial charge is 0.380 e. The highest BCUT2D eigenvalue weighted by atomic mass is 32.2. The van der Waals surface area contributed by atoms with Gasteiger partial charge >= 0.3 is 0 Å². The molecule has 1 aromatic carbocycles. The van der Waals surface area contributed by atoms with Gasteiger partial charge in [0.15, 0.2) is 0 Å². The van der Waals surface area contributed by atoms with Gasteiger partial charge in [0.2, 0.25) is 10.0 Å². The monoisotopic (exact) mass is 384 g/mol. The normalized spacial score (nSPS) is 27.8. The molecule has 3 aliphatic rings. The first-order chi connectivity index (χ1) is 12.8. The molecular formula is C19H20N4O3S. The van der Waals surface area contributed by atoms with Gasteiger partial charge in [-0.25, -0.2) is 8.42 Å². The summed E-state index contributed by atoms with van der Waals surface area (Å²) < 4.78 is 27.7. The van der Waals surface area contributed by atoms with E-state index in [0.29, 0.717) is 17.7 Å². The van der Waals surface area contributed by atoms with Gasteiger partial charge < -0.3 is 10.2 Å². The lowest BCUT2D eigenvalue weighted by molar-refractivity contribution is -0.131. The quantitative estimate of drug-likeness (QED) is 0.820. The van der Waals surface area contributed by atoms with Crippen molar-refractivity contribution in [1.29, 1.82) is 5.26 Å². The van der Waals surface area contributed by atoms with E-state index in [4.69, 9.17) is 5.26 Å². The molecule has 0 bridgehead atoms. The number of carbonyl (C=O) groups excluding carboxylic acids is 1. The van der Waals surface area contributed by atoms with Gasteiger partial charge in [-0.05, 0) is 38.1 Å². The fourth-order valence-electron chi connectivity index (χ4n) is 4.03. The minimum absolute atomic E-state index is 0.0633. The highest BCUT2D eigenvalue weighted by Gasteiger charge is 2.53. The Hall–Kier alpha value is -2.63. The highest BCUT2D eigenvalue weighted by molar-refractivity contribution is 7.89. The van der Waals surface area contributed by atoms with Gasteiger partial charge in [-0.3, -0.25) is 4.79 Å². The molecule has 1 aromatic rings. The van der Waals surface area contributed by atoms with E-state index in [-0.39, 0.29) is 29.9 Å². The molecule has 4 rings (SSSR count). The SMILES string of the molecule is CC1C=CC2=C(N1)C1(C)CN(S(=O)(=O)c3cccc(C#N)c3)CCN1C2=O. The molecule has 2 atom stereocenters. The average molecular weight is 384 g/mol. The van der Waals surface area contributed by atoms with Crippen molar-refractivity contribution in [3.05, 3.63) is 53.3 Å². The maximum absolute atomic E-state index is 13.2. The number of benzene rings is 1. The number of piperazine rings is 1. The molecule has 27 heavy (non-hydrogen) atoms. The second kappa shape index (κ2) is 5.94. The second-order valence-corrected chi connectivity index (χ2v) is 9.23. The van der Waals surface area contributed by atoms with E-state index in [2.05, 4.69) is 5.32 Å². The molecule has 7 nitrogen and oxygen atoms in total. The Morgan fingerprint density at radius 3 is 2.85 bits per heavy atom. The summed E-state index contributed by atoms with van der Waals surface area (Å²) in [5.74, 6) is -0.0633. The smallest absolute Gasteiger partial charge is 0.256 e. The molecule has 1 saturated heterocycles. The maximum Gasteiger partial charge on any atom is 0.256 e.